The predicted molar refractivity (Wildman–Crippen MR) is 122 cm³/mol. The number of carbonyl (C=O) groups excluding carboxylic acids is 1. The highest BCUT2D eigenvalue weighted by Crippen LogP contribution is 2.33. The van der Waals surface area contributed by atoms with Crippen LogP contribution in [0.1, 0.15) is 54.4 Å². The Labute approximate surface area is 178 Å². The molecular weight excluding hydrogens is 402 g/mol. The molecule has 1 aromatic carbocycles. The summed E-state index contributed by atoms with van der Waals surface area (Å²) in [5, 5.41) is 3.70. The molecule has 0 spiro atoms. The maximum atomic E-state index is 12.6. The maximum absolute atomic E-state index is 12.6. The van der Waals surface area contributed by atoms with Gasteiger partial charge in [-0.25, -0.2) is 4.98 Å². The van der Waals surface area contributed by atoms with Gasteiger partial charge < -0.3 is 10.3 Å². The van der Waals surface area contributed by atoms with E-state index in [1.165, 1.54) is 34.2 Å². The van der Waals surface area contributed by atoms with Crippen molar-refractivity contribution >= 4 is 44.9 Å². The van der Waals surface area contributed by atoms with Crippen LogP contribution in [0.15, 0.2) is 29.1 Å². The van der Waals surface area contributed by atoms with E-state index in [0.29, 0.717) is 23.2 Å². The van der Waals surface area contributed by atoms with Gasteiger partial charge in [0.1, 0.15) is 10.7 Å². The summed E-state index contributed by atoms with van der Waals surface area (Å²) in [6, 6.07) is 7.95. The lowest BCUT2D eigenvalue weighted by atomic mass is 9.97. The first-order valence-electron chi connectivity index (χ1n) is 10.0. The molecule has 0 saturated carbocycles. The van der Waals surface area contributed by atoms with Crippen molar-refractivity contribution in [3.8, 4) is 0 Å². The van der Waals surface area contributed by atoms with Crippen LogP contribution in [0.5, 0.6) is 0 Å². The summed E-state index contributed by atoms with van der Waals surface area (Å²) in [5.41, 5.74) is 3.21. The van der Waals surface area contributed by atoms with Gasteiger partial charge in [0.05, 0.1) is 16.9 Å². The van der Waals surface area contributed by atoms with Gasteiger partial charge in [-0.2, -0.15) is 0 Å². The van der Waals surface area contributed by atoms with Crippen molar-refractivity contribution in [1.29, 1.82) is 0 Å². The highest BCUT2D eigenvalue weighted by atomic mass is 32.2. The van der Waals surface area contributed by atoms with Crippen LogP contribution in [0.4, 0.5) is 5.69 Å². The minimum absolute atomic E-state index is 0.0420. The van der Waals surface area contributed by atoms with Crippen molar-refractivity contribution in [2.75, 3.05) is 11.1 Å². The molecule has 0 fully saturated rings. The van der Waals surface area contributed by atoms with Crippen LogP contribution in [-0.4, -0.2) is 21.6 Å². The molecule has 0 aliphatic heterocycles. The van der Waals surface area contributed by atoms with Crippen LogP contribution in [-0.2, 0) is 23.4 Å². The van der Waals surface area contributed by atoms with Gasteiger partial charge >= 0.3 is 0 Å². The van der Waals surface area contributed by atoms with E-state index in [9.17, 15) is 9.59 Å². The fourth-order valence-electron chi connectivity index (χ4n) is 3.67. The number of thiophene rings is 1. The van der Waals surface area contributed by atoms with Gasteiger partial charge in [-0.3, -0.25) is 9.59 Å². The minimum atomic E-state index is -0.0534. The monoisotopic (exact) mass is 427 g/mol. The number of carbonyl (C=O) groups is 1. The third-order valence-electron chi connectivity index (χ3n) is 5.21. The first-order chi connectivity index (χ1) is 14.0. The Balaban J connectivity index is 1.36. The van der Waals surface area contributed by atoms with E-state index in [0.717, 1.165) is 35.2 Å². The number of thioether (sulfide) groups is 1. The van der Waals surface area contributed by atoms with Crippen LogP contribution in [0, 0.1) is 0 Å². The summed E-state index contributed by atoms with van der Waals surface area (Å²) in [6.07, 6.45) is 4.37. The summed E-state index contributed by atoms with van der Waals surface area (Å²) in [7, 11) is 0. The lowest BCUT2D eigenvalue weighted by Gasteiger charge is -2.09. The molecule has 4 rings (SSSR count). The molecule has 2 heterocycles. The lowest BCUT2D eigenvalue weighted by Crippen LogP contribution is -2.15. The SMILES string of the molecule is CC(C)c1ccc(NC(=O)CSCc2nc3sc4c(c3c(=O)[nH]2)CCCC4)cc1. The first kappa shape index (κ1) is 20.2. The standard InChI is InChI=1S/C22H25N3O2S2/c1-13(2)14-7-9-15(10-8-14)23-19(26)12-28-11-18-24-21(27)20-16-5-3-4-6-17(16)29-22(20)25-18/h7-10,13H,3-6,11-12H2,1-2H3,(H,23,26)(H,24,25,27). The molecule has 0 atom stereocenters. The smallest absolute Gasteiger partial charge is 0.259 e. The number of hydrogen-bond acceptors (Lipinski definition) is 5. The average molecular weight is 428 g/mol. The average Bonchev–Trinajstić information content (AvgIpc) is 3.07. The fraction of sp³-hybridized carbons (Fsp3) is 0.409. The Morgan fingerprint density at radius 1 is 1.24 bits per heavy atom. The molecule has 1 aliphatic carbocycles. The second-order valence-corrected chi connectivity index (χ2v) is 9.79. The second kappa shape index (κ2) is 8.71. The lowest BCUT2D eigenvalue weighted by molar-refractivity contribution is -0.113. The van der Waals surface area contributed by atoms with Gasteiger partial charge in [0.2, 0.25) is 5.91 Å². The van der Waals surface area contributed by atoms with Crippen molar-refractivity contribution in [1.82, 2.24) is 9.97 Å². The first-order valence-corrected chi connectivity index (χ1v) is 12.0. The van der Waals surface area contributed by atoms with Crippen LogP contribution in [0.3, 0.4) is 0 Å². The van der Waals surface area contributed by atoms with Crippen LogP contribution in [0.25, 0.3) is 10.2 Å². The Bertz CT molecular complexity index is 1080. The van der Waals surface area contributed by atoms with E-state index in [1.54, 1.807) is 11.3 Å². The number of aromatic nitrogens is 2. The van der Waals surface area contributed by atoms with E-state index in [1.807, 2.05) is 24.3 Å². The molecule has 0 radical (unpaired) electrons. The highest BCUT2D eigenvalue weighted by molar-refractivity contribution is 7.99. The number of nitrogens with zero attached hydrogens (tertiary/aromatic N) is 1. The number of hydrogen-bond donors (Lipinski definition) is 2. The summed E-state index contributed by atoms with van der Waals surface area (Å²) in [5.74, 6) is 1.88. The van der Waals surface area contributed by atoms with Gasteiger partial charge in [0.15, 0.2) is 0 Å². The Kier molecular flexibility index (Phi) is 6.06. The van der Waals surface area contributed by atoms with Crippen molar-refractivity contribution < 1.29 is 4.79 Å². The van der Waals surface area contributed by atoms with Gasteiger partial charge in [-0.15, -0.1) is 23.1 Å². The Hall–Kier alpha value is -2.12. The zero-order valence-electron chi connectivity index (χ0n) is 16.7. The maximum Gasteiger partial charge on any atom is 0.259 e. The van der Waals surface area contributed by atoms with Crippen molar-refractivity contribution in [3.05, 3.63) is 56.4 Å². The van der Waals surface area contributed by atoms with E-state index in [4.69, 9.17) is 0 Å². The molecule has 7 heteroatoms. The van der Waals surface area contributed by atoms with Crippen molar-refractivity contribution in [2.24, 2.45) is 0 Å². The molecule has 0 saturated heterocycles. The van der Waals surface area contributed by atoms with Crippen LogP contribution in [0.2, 0.25) is 0 Å². The normalized spacial score (nSPS) is 13.6. The predicted octanol–water partition coefficient (Wildman–Crippen LogP) is 4.86. The molecule has 5 nitrogen and oxygen atoms in total. The number of fused-ring (bicyclic) bond motifs is 3. The topological polar surface area (TPSA) is 74.8 Å². The number of aryl methyl sites for hydroxylation is 2. The van der Waals surface area contributed by atoms with Crippen molar-refractivity contribution in [3.63, 3.8) is 0 Å². The van der Waals surface area contributed by atoms with Gasteiger partial charge in [0.25, 0.3) is 5.56 Å². The molecule has 1 aliphatic rings. The number of anilines is 1. The largest absolute Gasteiger partial charge is 0.325 e. The van der Waals surface area contributed by atoms with Crippen LogP contribution >= 0.6 is 23.1 Å². The molecule has 2 N–H and O–H groups in total. The number of amides is 1. The van der Waals surface area contributed by atoms with Crippen molar-refractivity contribution in [2.45, 2.75) is 51.2 Å². The minimum Gasteiger partial charge on any atom is -0.325 e. The number of rotatable bonds is 6. The Morgan fingerprint density at radius 2 is 2.00 bits per heavy atom. The molecule has 2 aromatic heterocycles. The van der Waals surface area contributed by atoms with E-state index in [2.05, 4.69) is 29.1 Å². The third kappa shape index (κ3) is 4.56. The third-order valence-corrected chi connectivity index (χ3v) is 7.34. The summed E-state index contributed by atoms with van der Waals surface area (Å²) >= 11 is 3.11. The van der Waals surface area contributed by atoms with E-state index in [-0.39, 0.29) is 11.5 Å². The molecule has 152 valence electrons. The number of benzene rings is 1. The van der Waals surface area contributed by atoms with Gasteiger partial charge in [-0.1, -0.05) is 26.0 Å². The highest BCUT2D eigenvalue weighted by Gasteiger charge is 2.19. The quantitative estimate of drug-likeness (QED) is 0.589. The van der Waals surface area contributed by atoms with E-state index >= 15 is 0 Å². The van der Waals surface area contributed by atoms with E-state index < -0.39 is 0 Å². The fourth-order valence-corrected chi connectivity index (χ4v) is 5.64. The molecule has 0 bridgehead atoms. The van der Waals surface area contributed by atoms with Gasteiger partial charge in [-0.05, 0) is 54.9 Å². The molecular formula is C22H25N3O2S2. The molecule has 29 heavy (non-hydrogen) atoms. The number of H-pyrrole nitrogens is 1. The summed E-state index contributed by atoms with van der Waals surface area (Å²) in [4.78, 5) is 34.5. The number of aromatic amines is 1. The Morgan fingerprint density at radius 3 is 2.76 bits per heavy atom. The molecule has 1 amide bonds. The van der Waals surface area contributed by atoms with Crippen LogP contribution < -0.4 is 10.9 Å². The number of nitrogens with one attached hydrogen (secondary N) is 2. The zero-order chi connectivity index (χ0) is 20.4. The second-order valence-electron chi connectivity index (χ2n) is 7.72. The summed E-state index contributed by atoms with van der Waals surface area (Å²) in [6.45, 7) is 4.29. The molecule has 0 unspecified atom stereocenters. The molecule has 3 aromatic rings. The zero-order valence-corrected chi connectivity index (χ0v) is 18.3. The summed E-state index contributed by atoms with van der Waals surface area (Å²) < 4.78 is 0. The van der Waals surface area contributed by atoms with Gasteiger partial charge in [0, 0.05) is 10.6 Å².